The van der Waals surface area contributed by atoms with Crippen LogP contribution in [-0.2, 0) is 0 Å². The van der Waals surface area contributed by atoms with Gasteiger partial charge in [-0.2, -0.15) is 0 Å². The second-order valence-corrected chi connectivity index (χ2v) is 13.5. The summed E-state index contributed by atoms with van der Waals surface area (Å²) >= 11 is 0. The fourth-order valence-corrected chi connectivity index (χ4v) is 6.60. The smallest absolute Gasteiger partial charge is 0.101 e. The Balaban J connectivity index is 1.98. The van der Waals surface area contributed by atoms with E-state index in [1.807, 2.05) is 0 Å². The van der Waals surface area contributed by atoms with Crippen LogP contribution in [0.1, 0.15) is 214 Å². The normalized spacial score (nSPS) is 15.3. The predicted octanol–water partition coefficient (Wildman–Crippen LogP) is 13.2. The van der Waals surface area contributed by atoms with Gasteiger partial charge in [-0.3, -0.25) is 0 Å². The molecule has 1 rings (SSSR count). The van der Waals surface area contributed by atoms with E-state index in [4.69, 9.17) is 0 Å². The van der Waals surface area contributed by atoms with E-state index in [1.54, 1.807) is 0 Å². The van der Waals surface area contributed by atoms with Gasteiger partial charge in [-0.15, -0.1) is 0 Å². The fraction of sp³-hybridized carbons (Fsp3) is 0.947. The zero-order chi connectivity index (χ0) is 28.9. The van der Waals surface area contributed by atoms with E-state index >= 15 is 0 Å². The molecule has 238 valence electrons. The number of hydrogen-bond donors (Lipinski definition) is 0. The molecule has 40 heavy (non-hydrogen) atoms. The summed E-state index contributed by atoms with van der Waals surface area (Å²) in [6.07, 6.45) is 47.2. The maximum Gasteiger partial charge on any atom is 0.101 e. The molecule has 0 aliphatic carbocycles. The predicted molar refractivity (Wildman–Crippen MR) is 182 cm³/mol. The first kappa shape index (κ1) is 37.4. The van der Waals surface area contributed by atoms with Crippen LogP contribution in [0, 0.1) is 0 Å². The Hall–Kier alpha value is -0.660. The van der Waals surface area contributed by atoms with Gasteiger partial charge in [0.1, 0.15) is 6.17 Å². The quantitative estimate of drug-likeness (QED) is 0.0778. The second kappa shape index (κ2) is 28.5. The van der Waals surface area contributed by atoms with Gasteiger partial charge >= 0.3 is 0 Å². The van der Waals surface area contributed by atoms with Gasteiger partial charge in [0.05, 0.1) is 0 Å². The summed E-state index contributed by atoms with van der Waals surface area (Å²) in [4.78, 5) is 5.28. The average Bonchev–Trinajstić information content (AvgIpc) is 3.36. The lowest BCUT2D eigenvalue weighted by Gasteiger charge is -2.35. The van der Waals surface area contributed by atoms with Crippen molar-refractivity contribution in [3.63, 3.8) is 0 Å². The van der Waals surface area contributed by atoms with Gasteiger partial charge in [-0.25, -0.2) is 0 Å². The number of rotatable bonds is 31. The van der Waals surface area contributed by atoms with Crippen molar-refractivity contribution in [2.24, 2.45) is 0 Å². The summed E-state index contributed by atoms with van der Waals surface area (Å²) in [5.74, 6) is 0. The third-order valence-electron chi connectivity index (χ3n) is 9.34. The SMILES string of the molecule is CCCCCCCCCCCCCCCCCCCC1N(CCCCCCCCCCCCC)C=CN1C(C)C. The molecule has 2 nitrogen and oxygen atoms in total. The standard InChI is InChI=1S/C38H76N2/c1-5-7-9-11-13-15-17-18-19-20-21-22-23-25-27-29-31-33-38-39(35-36-40(38)37(3)4)34-32-30-28-26-24-16-14-12-10-8-6-2/h35-38H,5-34H2,1-4H3. The number of nitrogens with zero attached hydrogens (tertiary/aromatic N) is 2. The van der Waals surface area contributed by atoms with Gasteiger partial charge in [0.25, 0.3) is 0 Å². The molecule has 1 aliphatic heterocycles. The first-order valence-corrected chi connectivity index (χ1v) is 18.9. The highest BCUT2D eigenvalue weighted by molar-refractivity contribution is 4.98. The van der Waals surface area contributed by atoms with Crippen molar-refractivity contribution in [2.45, 2.75) is 226 Å². The highest BCUT2D eigenvalue weighted by Gasteiger charge is 2.26. The molecule has 0 aromatic heterocycles. The monoisotopic (exact) mass is 561 g/mol. The van der Waals surface area contributed by atoms with E-state index in [9.17, 15) is 0 Å². The topological polar surface area (TPSA) is 6.48 Å². The molecule has 0 spiro atoms. The van der Waals surface area contributed by atoms with Gasteiger partial charge in [-0.1, -0.05) is 181 Å². The fourth-order valence-electron chi connectivity index (χ4n) is 6.60. The van der Waals surface area contributed by atoms with Crippen molar-refractivity contribution in [2.75, 3.05) is 6.54 Å². The first-order valence-electron chi connectivity index (χ1n) is 18.9. The molecule has 0 N–H and O–H groups in total. The third kappa shape index (κ3) is 21.1. The molecule has 1 atom stereocenters. The van der Waals surface area contributed by atoms with Crippen LogP contribution < -0.4 is 0 Å². The molecule has 0 fully saturated rings. The molecule has 1 unspecified atom stereocenters. The molecule has 0 amide bonds. The first-order chi connectivity index (χ1) is 19.7. The summed E-state index contributed by atoms with van der Waals surface area (Å²) < 4.78 is 0. The van der Waals surface area contributed by atoms with Crippen LogP contribution in [0.3, 0.4) is 0 Å². The van der Waals surface area contributed by atoms with Gasteiger partial charge in [0, 0.05) is 25.0 Å². The highest BCUT2D eigenvalue weighted by Crippen LogP contribution is 2.25. The van der Waals surface area contributed by atoms with Crippen molar-refractivity contribution < 1.29 is 0 Å². The molecule has 0 aromatic carbocycles. The molecule has 0 saturated carbocycles. The molecule has 0 radical (unpaired) electrons. The maximum absolute atomic E-state index is 2.67. The van der Waals surface area contributed by atoms with Crippen molar-refractivity contribution in [3.8, 4) is 0 Å². The Bertz CT molecular complexity index is 528. The maximum atomic E-state index is 2.67. The highest BCUT2D eigenvalue weighted by atomic mass is 15.4. The van der Waals surface area contributed by atoms with Crippen molar-refractivity contribution in [1.82, 2.24) is 9.80 Å². The van der Waals surface area contributed by atoms with E-state index < -0.39 is 0 Å². The Morgan fingerprint density at radius 3 is 1.10 bits per heavy atom. The summed E-state index contributed by atoms with van der Waals surface area (Å²) in [7, 11) is 0. The molecule has 0 saturated heterocycles. The van der Waals surface area contributed by atoms with Gasteiger partial charge in [0.2, 0.25) is 0 Å². The Morgan fingerprint density at radius 1 is 0.425 bits per heavy atom. The van der Waals surface area contributed by atoms with Gasteiger partial charge < -0.3 is 9.80 Å². The second-order valence-electron chi connectivity index (χ2n) is 13.5. The largest absolute Gasteiger partial charge is 0.356 e. The number of hydrogen-bond acceptors (Lipinski definition) is 2. The minimum Gasteiger partial charge on any atom is -0.356 e. The molecular weight excluding hydrogens is 484 g/mol. The summed E-state index contributed by atoms with van der Waals surface area (Å²) in [5.41, 5.74) is 0. The lowest BCUT2D eigenvalue weighted by Crippen LogP contribution is -2.42. The third-order valence-corrected chi connectivity index (χ3v) is 9.34. The Kier molecular flexibility index (Phi) is 26.6. The zero-order valence-electron chi connectivity index (χ0n) is 28.4. The number of unbranched alkanes of at least 4 members (excludes halogenated alkanes) is 26. The summed E-state index contributed by atoms with van der Waals surface area (Å²) in [6, 6.07) is 0.606. The van der Waals surface area contributed by atoms with Crippen LogP contribution in [0.2, 0.25) is 0 Å². The van der Waals surface area contributed by atoms with Crippen LogP contribution in [0.4, 0.5) is 0 Å². The molecule has 1 aliphatic rings. The van der Waals surface area contributed by atoms with Crippen LogP contribution in [-0.4, -0.2) is 28.6 Å². The van der Waals surface area contributed by atoms with E-state index in [1.165, 1.54) is 193 Å². The van der Waals surface area contributed by atoms with E-state index in [0.29, 0.717) is 12.2 Å². The van der Waals surface area contributed by atoms with Crippen LogP contribution in [0.25, 0.3) is 0 Å². The molecule has 0 aromatic rings. The molecule has 1 heterocycles. The van der Waals surface area contributed by atoms with Crippen LogP contribution in [0.15, 0.2) is 12.4 Å². The lowest BCUT2D eigenvalue weighted by atomic mass is 10.0. The molecule has 0 bridgehead atoms. The molecular formula is C38H76N2. The zero-order valence-corrected chi connectivity index (χ0v) is 28.4. The van der Waals surface area contributed by atoms with Crippen LogP contribution in [0.5, 0.6) is 0 Å². The van der Waals surface area contributed by atoms with E-state index in [0.717, 1.165) is 0 Å². The Labute approximate surface area is 254 Å². The summed E-state index contributed by atoms with van der Waals surface area (Å²) in [5, 5.41) is 0. The van der Waals surface area contributed by atoms with Crippen LogP contribution >= 0.6 is 0 Å². The molecule has 2 heteroatoms. The van der Waals surface area contributed by atoms with Crippen molar-refractivity contribution in [1.29, 1.82) is 0 Å². The van der Waals surface area contributed by atoms with Gasteiger partial charge in [0.15, 0.2) is 0 Å². The van der Waals surface area contributed by atoms with Crippen molar-refractivity contribution >= 4 is 0 Å². The average molecular weight is 561 g/mol. The lowest BCUT2D eigenvalue weighted by molar-refractivity contribution is 0.114. The summed E-state index contributed by atoms with van der Waals surface area (Å²) in [6.45, 7) is 10.6. The van der Waals surface area contributed by atoms with Gasteiger partial charge in [-0.05, 0) is 33.1 Å². The minimum absolute atomic E-state index is 0.606. The van der Waals surface area contributed by atoms with Crippen molar-refractivity contribution in [3.05, 3.63) is 12.4 Å². The van der Waals surface area contributed by atoms with E-state index in [-0.39, 0.29) is 0 Å². The van der Waals surface area contributed by atoms with E-state index in [2.05, 4.69) is 49.9 Å². The Morgan fingerprint density at radius 2 is 0.750 bits per heavy atom. The minimum atomic E-state index is 0.606.